The molecule has 0 saturated carbocycles. The van der Waals surface area contributed by atoms with Gasteiger partial charge in [-0.3, -0.25) is 29.7 Å². The number of aryl methyl sites for hydroxylation is 1. The van der Waals surface area contributed by atoms with Crippen molar-refractivity contribution in [3.8, 4) is 28.3 Å². The summed E-state index contributed by atoms with van der Waals surface area (Å²) in [4.78, 5) is 55.5. The number of imide groups is 1. The minimum absolute atomic E-state index is 0.0521. The predicted molar refractivity (Wildman–Crippen MR) is 227 cm³/mol. The van der Waals surface area contributed by atoms with Gasteiger partial charge >= 0.3 is 11.8 Å². The summed E-state index contributed by atoms with van der Waals surface area (Å²) >= 11 is 0. The summed E-state index contributed by atoms with van der Waals surface area (Å²) in [6.45, 7) is 14.4. The van der Waals surface area contributed by atoms with Crippen molar-refractivity contribution >= 4 is 34.4 Å². The number of rotatable bonds is 11. The monoisotopic (exact) mass is 810 g/mol. The van der Waals surface area contributed by atoms with E-state index >= 15 is 0 Å². The van der Waals surface area contributed by atoms with Crippen LogP contribution in [0.5, 0.6) is 5.88 Å². The van der Waals surface area contributed by atoms with Crippen LogP contribution in [-0.4, -0.2) is 92.8 Å². The van der Waals surface area contributed by atoms with Crippen molar-refractivity contribution in [2.24, 2.45) is 0 Å². The Morgan fingerprint density at radius 2 is 1.75 bits per heavy atom. The normalized spacial score (nSPS) is 16.8. The van der Waals surface area contributed by atoms with Gasteiger partial charge in [-0.05, 0) is 67.3 Å². The molecule has 6 aromatic rings. The van der Waals surface area contributed by atoms with E-state index in [4.69, 9.17) is 14.2 Å². The first-order valence-electron chi connectivity index (χ1n) is 20.4. The number of carbonyl (C=O) groups excluding carboxylic acids is 3. The number of methoxy groups -OCH3 is 1. The zero-order valence-electron chi connectivity index (χ0n) is 34.8. The molecule has 4 aromatic heterocycles. The van der Waals surface area contributed by atoms with E-state index in [0.29, 0.717) is 30.2 Å². The molecule has 2 unspecified atom stereocenters. The van der Waals surface area contributed by atoms with Crippen molar-refractivity contribution in [1.82, 2.24) is 45.8 Å². The van der Waals surface area contributed by atoms with Gasteiger partial charge in [-0.1, -0.05) is 56.3 Å². The summed E-state index contributed by atoms with van der Waals surface area (Å²) in [5.74, 6) is -0.497. The number of hydrogen-bond acceptors (Lipinski definition) is 12. The highest BCUT2D eigenvalue weighted by Crippen LogP contribution is 2.33. The third-order valence-corrected chi connectivity index (χ3v) is 11.5. The Hall–Kier alpha value is -6.48. The van der Waals surface area contributed by atoms with Gasteiger partial charge in [0.15, 0.2) is 11.5 Å². The molecule has 15 nitrogen and oxygen atoms in total. The van der Waals surface area contributed by atoms with Gasteiger partial charge in [-0.15, -0.1) is 0 Å². The highest BCUT2D eigenvalue weighted by molar-refractivity contribution is 6.01. The molecular weight excluding hydrogens is 761 g/mol. The number of piperazine rings is 1. The van der Waals surface area contributed by atoms with E-state index in [9.17, 15) is 14.4 Å². The zero-order chi connectivity index (χ0) is 42.1. The van der Waals surface area contributed by atoms with Crippen LogP contribution in [0.15, 0.2) is 71.4 Å². The fourth-order valence-electron chi connectivity index (χ4n) is 7.97. The SMILES string of the molecule is COc1nc(CCN2CCN(c3ccc(-c4cnc5n[nH]c(-c6ccc(C(C)NC(=O)c7nc(C(C)(C)C)no7)c(C)c6)c5c4)cc3)CC2)ccc1C1CCC(=O)NC1=O. The molecule has 2 atom stereocenters. The summed E-state index contributed by atoms with van der Waals surface area (Å²) < 4.78 is 10.8. The van der Waals surface area contributed by atoms with Crippen molar-refractivity contribution in [3.63, 3.8) is 0 Å². The lowest BCUT2D eigenvalue weighted by molar-refractivity contribution is -0.134. The van der Waals surface area contributed by atoms with Gasteiger partial charge in [0.05, 0.1) is 24.8 Å². The van der Waals surface area contributed by atoms with Crippen LogP contribution in [-0.2, 0) is 21.4 Å². The van der Waals surface area contributed by atoms with Gasteiger partial charge in [-0.2, -0.15) is 10.1 Å². The number of benzene rings is 2. The molecule has 60 heavy (non-hydrogen) atoms. The average molecular weight is 811 g/mol. The summed E-state index contributed by atoms with van der Waals surface area (Å²) in [6.07, 6.45) is 3.40. The van der Waals surface area contributed by atoms with E-state index in [1.807, 2.05) is 65.1 Å². The van der Waals surface area contributed by atoms with E-state index in [-0.39, 0.29) is 29.2 Å². The molecule has 2 aromatic carbocycles. The number of carbonyl (C=O) groups is 3. The Labute approximate surface area is 348 Å². The van der Waals surface area contributed by atoms with Crippen LogP contribution in [0.3, 0.4) is 0 Å². The summed E-state index contributed by atoms with van der Waals surface area (Å²) in [7, 11) is 1.57. The largest absolute Gasteiger partial charge is 0.481 e. The predicted octanol–water partition coefficient (Wildman–Crippen LogP) is 6.06. The number of pyridine rings is 2. The van der Waals surface area contributed by atoms with E-state index in [1.54, 1.807) is 7.11 Å². The van der Waals surface area contributed by atoms with Crippen LogP contribution < -0.4 is 20.3 Å². The highest BCUT2D eigenvalue weighted by atomic mass is 16.5. The molecule has 6 heterocycles. The van der Waals surface area contributed by atoms with Crippen molar-refractivity contribution in [1.29, 1.82) is 0 Å². The smallest absolute Gasteiger partial charge is 0.315 e. The number of amides is 3. The van der Waals surface area contributed by atoms with Crippen LogP contribution >= 0.6 is 0 Å². The Balaban J connectivity index is 0.872. The second-order valence-electron chi connectivity index (χ2n) is 16.7. The fraction of sp³-hybridized carbons (Fsp3) is 0.378. The summed E-state index contributed by atoms with van der Waals surface area (Å²) in [6, 6.07) is 20.5. The molecule has 2 aliphatic heterocycles. The van der Waals surface area contributed by atoms with Crippen LogP contribution in [0.1, 0.15) is 91.4 Å². The van der Waals surface area contributed by atoms with Crippen molar-refractivity contribution in [3.05, 3.63) is 101 Å². The minimum Gasteiger partial charge on any atom is -0.481 e. The number of H-pyrrole nitrogens is 1. The molecule has 15 heteroatoms. The first kappa shape index (κ1) is 40.3. The number of aromatic amines is 1. The third kappa shape index (κ3) is 8.48. The molecule has 8 rings (SSSR count). The molecule has 310 valence electrons. The summed E-state index contributed by atoms with van der Waals surface area (Å²) in [5, 5.41) is 18.0. The minimum atomic E-state index is -0.432. The topological polar surface area (TPSA) is 184 Å². The maximum Gasteiger partial charge on any atom is 0.315 e. The van der Waals surface area contributed by atoms with Crippen molar-refractivity contribution < 1.29 is 23.6 Å². The van der Waals surface area contributed by atoms with Gasteiger partial charge in [0.2, 0.25) is 17.7 Å². The van der Waals surface area contributed by atoms with Gasteiger partial charge in [-0.25, -0.2) is 9.97 Å². The lowest BCUT2D eigenvalue weighted by atomic mass is 9.91. The molecule has 2 fully saturated rings. The van der Waals surface area contributed by atoms with Crippen molar-refractivity contribution in [2.45, 2.75) is 71.3 Å². The van der Waals surface area contributed by atoms with Crippen LogP contribution in [0.25, 0.3) is 33.4 Å². The Morgan fingerprint density at radius 3 is 2.45 bits per heavy atom. The van der Waals surface area contributed by atoms with Gasteiger partial charge in [0, 0.05) is 90.6 Å². The van der Waals surface area contributed by atoms with Crippen LogP contribution in [0.2, 0.25) is 0 Å². The molecule has 0 radical (unpaired) electrons. The van der Waals surface area contributed by atoms with E-state index in [0.717, 1.165) is 89.3 Å². The molecule has 2 aliphatic rings. The van der Waals surface area contributed by atoms with Crippen LogP contribution in [0, 0.1) is 6.92 Å². The van der Waals surface area contributed by atoms with Gasteiger partial charge < -0.3 is 19.5 Å². The number of aromatic nitrogens is 6. The second-order valence-corrected chi connectivity index (χ2v) is 16.7. The standard InChI is InChI=1S/C45H50N10O5/c1-26-23-29(9-13-33(26)27(2)47-41(58)43-50-44(53-60-43)45(3,4)5)38-36-24-30(25-46-39(36)52-51-38)28-7-11-32(12-8-28)55-21-19-54(20-22-55)18-17-31-10-14-35(42(48-31)59-6)34-15-16-37(56)49-40(34)57/h7-14,23-25,27,34H,15-22H2,1-6H3,(H,47,58)(H,46,51,52)(H,49,56,57). The van der Waals surface area contributed by atoms with Gasteiger partial charge in [0.25, 0.3) is 0 Å². The molecule has 0 aliphatic carbocycles. The molecule has 0 spiro atoms. The number of piperidine rings is 1. The van der Waals surface area contributed by atoms with Gasteiger partial charge in [0.1, 0.15) is 0 Å². The molecule has 0 bridgehead atoms. The summed E-state index contributed by atoms with van der Waals surface area (Å²) in [5.41, 5.74) is 9.02. The molecule has 3 N–H and O–H groups in total. The number of hydrogen-bond donors (Lipinski definition) is 3. The van der Waals surface area contributed by atoms with E-state index in [2.05, 4.69) is 82.2 Å². The Morgan fingerprint density at radius 1 is 0.983 bits per heavy atom. The van der Waals surface area contributed by atoms with Crippen LogP contribution in [0.4, 0.5) is 5.69 Å². The van der Waals surface area contributed by atoms with E-state index < -0.39 is 11.8 Å². The fourth-order valence-corrected chi connectivity index (χ4v) is 7.97. The third-order valence-electron chi connectivity index (χ3n) is 11.5. The first-order chi connectivity index (χ1) is 28.8. The number of ether oxygens (including phenoxy) is 1. The lowest BCUT2D eigenvalue weighted by Gasteiger charge is -2.36. The number of nitrogens with zero attached hydrogens (tertiary/aromatic N) is 7. The van der Waals surface area contributed by atoms with E-state index in [1.165, 1.54) is 5.69 Å². The zero-order valence-corrected chi connectivity index (χ0v) is 34.8. The first-order valence-corrected chi connectivity index (χ1v) is 20.4. The van der Waals surface area contributed by atoms with Crippen molar-refractivity contribution in [2.75, 3.05) is 44.7 Å². The highest BCUT2D eigenvalue weighted by Gasteiger charge is 2.31. The maximum absolute atomic E-state index is 12.9. The maximum atomic E-state index is 12.9. The number of nitrogens with one attached hydrogen (secondary N) is 3. The molecule has 3 amide bonds. The molecular formula is C45H50N10O5. The number of anilines is 1. The number of fused-ring (bicyclic) bond motifs is 1. The Bertz CT molecular complexity index is 2550. The second kappa shape index (κ2) is 16.6. The average Bonchev–Trinajstić information content (AvgIpc) is 3.92. The molecule has 2 saturated heterocycles. The quantitative estimate of drug-likeness (QED) is 0.129. The Kier molecular flexibility index (Phi) is 11.2. The lowest BCUT2D eigenvalue weighted by Crippen LogP contribution is -2.47.